The molecule has 0 N–H and O–H groups in total. The first-order valence-electron chi connectivity index (χ1n) is 10.7. The van der Waals surface area contributed by atoms with E-state index in [1.807, 2.05) is 0 Å². The number of aryl methyl sites for hydroxylation is 2. The fraction of sp³-hybridized carbons (Fsp3) is 0.259. The van der Waals surface area contributed by atoms with Crippen molar-refractivity contribution < 1.29 is 13.4 Å². The van der Waals surface area contributed by atoms with Gasteiger partial charge in [0.2, 0.25) is 22.9 Å². The SMILES string of the molecule is Cc1cc2c(oc3nc(F)ccc32)c(-c2cc(CC(C)C)c3ccccc3[n+]2C)c1C. The Morgan fingerprint density at radius 2 is 1.77 bits per heavy atom. The molecule has 0 saturated heterocycles. The van der Waals surface area contributed by atoms with Crippen molar-refractivity contribution in [3.63, 3.8) is 0 Å². The second-order valence-electron chi connectivity index (χ2n) is 8.89. The predicted octanol–water partition coefficient (Wildman–Crippen LogP) is 6.58. The van der Waals surface area contributed by atoms with Gasteiger partial charge in [0.05, 0.1) is 5.56 Å². The van der Waals surface area contributed by atoms with E-state index in [9.17, 15) is 4.39 Å². The van der Waals surface area contributed by atoms with Crippen molar-refractivity contribution in [3.8, 4) is 11.3 Å². The maximum absolute atomic E-state index is 13.8. The van der Waals surface area contributed by atoms with Gasteiger partial charge >= 0.3 is 0 Å². The molecule has 0 aliphatic heterocycles. The molecule has 156 valence electrons. The first kappa shape index (κ1) is 19.7. The second kappa shape index (κ2) is 7.16. The summed E-state index contributed by atoms with van der Waals surface area (Å²) in [5.74, 6) is 0.0120. The minimum absolute atomic E-state index is 0.340. The first-order chi connectivity index (χ1) is 14.8. The van der Waals surface area contributed by atoms with Crippen LogP contribution in [-0.2, 0) is 13.5 Å². The Balaban J connectivity index is 1.92. The molecule has 4 heteroatoms. The summed E-state index contributed by atoms with van der Waals surface area (Å²) in [7, 11) is 2.10. The van der Waals surface area contributed by atoms with Crippen molar-refractivity contribution in [2.45, 2.75) is 34.1 Å². The molecule has 0 atom stereocenters. The minimum Gasteiger partial charge on any atom is -0.437 e. The van der Waals surface area contributed by atoms with Gasteiger partial charge in [-0.15, -0.1) is 0 Å². The van der Waals surface area contributed by atoms with E-state index >= 15 is 0 Å². The molecule has 3 heterocycles. The number of aromatic nitrogens is 2. The second-order valence-corrected chi connectivity index (χ2v) is 8.89. The molecule has 0 unspecified atom stereocenters. The summed E-state index contributed by atoms with van der Waals surface area (Å²) in [6.45, 7) is 8.74. The van der Waals surface area contributed by atoms with Gasteiger partial charge in [-0.05, 0) is 67.1 Å². The van der Waals surface area contributed by atoms with E-state index in [4.69, 9.17) is 4.42 Å². The van der Waals surface area contributed by atoms with E-state index < -0.39 is 5.95 Å². The topological polar surface area (TPSA) is 29.9 Å². The highest BCUT2D eigenvalue weighted by atomic mass is 19.1. The van der Waals surface area contributed by atoms with Crippen LogP contribution in [0.25, 0.3) is 44.2 Å². The Labute approximate surface area is 181 Å². The standard InChI is InChI=1S/C27H26FN2O/c1-15(2)12-18-14-23(30(5)22-9-7-6-8-19(18)22)25-17(4)16(3)13-21-20-10-11-24(28)29-27(20)31-26(21)25/h6-11,13-15H,12H2,1-5H3/q+1. The van der Waals surface area contributed by atoms with Crippen molar-refractivity contribution in [2.24, 2.45) is 13.0 Å². The molecular formula is C27H26FN2O+. The molecule has 0 amide bonds. The highest BCUT2D eigenvalue weighted by Crippen LogP contribution is 2.39. The van der Waals surface area contributed by atoms with Gasteiger partial charge in [0.1, 0.15) is 7.05 Å². The number of benzene rings is 2. The lowest BCUT2D eigenvalue weighted by Gasteiger charge is -2.13. The van der Waals surface area contributed by atoms with E-state index in [-0.39, 0.29) is 0 Å². The smallest absolute Gasteiger partial charge is 0.229 e. The normalized spacial score (nSPS) is 12.0. The lowest BCUT2D eigenvalue weighted by molar-refractivity contribution is -0.633. The average molecular weight is 414 g/mol. The quantitative estimate of drug-likeness (QED) is 0.247. The summed E-state index contributed by atoms with van der Waals surface area (Å²) in [4.78, 5) is 4.00. The molecule has 31 heavy (non-hydrogen) atoms. The predicted molar refractivity (Wildman–Crippen MR) is 124 cm³/mol. The van der Waals surface area contributed by atoms with Crippen molar-refractivity contribution in [1.82, 2.24) is 4.98 Å². The summed E-state index contributed by atoms with van der Waals surface area (Å²) in [5, 5.41) is 3.09. The van der Waals surface area contributed by atoms with Crippen LogP contribution in [0.1, 0.15) is 30.5 Å². The van der Waals surface area contributed by atoms with E-state index in [0.717, 1.165) is 39.6 Å². The van der Waals surface area contributed by atoms with Crippen LogP contribution in [0, 0.1) is 25.7 Å². The zero-order valence-corrected chi connectivity index (χ0v) is 18.6. The number of hydrogen-bond donors (Lipinski definition) is 0. The zero-order valence-electron chi connectivity index (χ0n) is 18.6. The molecule has 3 nitrogen and oxygen atoms in total. The summed E-state index contributed by atoms with van der Waals surface area (Å²) in [6.07, 6.45) is 0.995. The van der Waals surface area contributed by atoms with Crippen molar-refractivity contribution in [1.29, 1.82) is 0 Å². The Bertz CT molecular complexity index is 1480. The van der Waals surface area contributed by atoms with E-state index in [1.165, 1.54) is 28.1 Å². The monoisotopic (exact) mass is 413 g/mol. The van der Waals surface area contributed by atoms with Gasteiger partial charge in [-0.3, -0.25) is 0 Å². The fourth-order valence-corrected chi connectivity index (χ4v) is 4.66. The van der Waals surface area contributed by atoms with Gasteiger partial charge < -0.3 is 4.42 Å². The third-order valence-electron chi connectivity index (χ3n) is 6.28. The maximum Gasteiger partial charge on any atom is 0.229 e. The first-order valence-corrected chi connectivity index (χ1v) is 10.7. The summed E-state index contributed by atoms with van der Waals surface area (Å²) in [6, 6.07) is 16.1. The number of halogens is 1. The molecule has 0 aliphatic carbocycles. The number of furan rings is 1. The Morgan fingerprint density at radius 1 is 1.00 bits per heavy atom. The summed E-state index contributed by atoms with van der Waals surface area (Å²) >= 11 is 0. The average Bonchev–Trinajstić information content (AvgIpc) is 3.08. The van der Waals surface area contributed by atoms with Gasteiger partial charge in [0.25, 0.3) is 0 Å². The summed E-state index contributed by atoms with van der Waals surface area (Å²) in [5.41, 5.74) is 8.09. The van der Waals surface area contributed by atoms with Crippen LogP contribution in [0.15, 0.2) is 52.9 Å². The number of nitrogens with zero attached hydrogens (tertiary/aromatic N) is 2. The number of hydrogen-bond acceptors (Lipinski definition) is 2. The largest absolute Gasteiger partial charge is 0.437 e. The van der Waals surface area contributed by atoms with Crippen LogP contribution < -0.4 is 4.57 Å². The third kappa shape index (κ3) is 3.09. The van der Waals surface area contributed by atoms with Crippen molar-refractivity contribution in [3.05, 3.63) is 71.2 Å². The van der Waals surface area contributed by atoms with Gasteiger partial charge in [-0.2, -0.15) is 13.9 Å². The molecule has 5 rings (SSSR count). The molecule has 0 spiro atoms. The number of fused-ring (bicyclic) bond motifs is 4. The fourth-order valence-electron chi connectivity index (χ4n) is 4.66. The minimum atomic E-state index is -0.531. The Kier molecular flexibility index (Phi) is 4.54. The van der Waals surface area contributed by atoms with Gasteiger partial charge in [-0.25, -0.2) is 0 Å². The van der Waals surface area contributed by atoms with Gasteiger partial charge in [0, 0.05) is 28.3 Å². The molecule has 0 fully saturated rings. The maximum atomic E-state index is 13.8. The highest BCUT2D eigenvalue weighted by molar-refractivity contribution is 6.09. The summed E-state index contributed by atoms with van der Waals surface area (Å²) < 4.78 is 22.2. The van der Waals surface area contributed by atoms with Crippen LogP contribution in [0.2, 0.25) is 0 Å². The van der Waals surface area contributed by atoms with E-state index in [2.05, 4.69) is 80.7 Å². The molecule has 2 aromatic carbocycles. The van der Waals surface area contributed by atoms with Gasteiger partial charge in [0.15, 0.2) is 5.58 Å². The van der Waals surface area contributed by atoms with Crippen LogP contribution in [-0.4, -0.2) is 4.98 Å². The molecule has 5 aromatic rings. The lowest BCUT2D eigenvalue weighted by Crippen LogP contribution is -2.33. The van der Waals surface area contributed by atoms with Crippen LogP contribution in [0.5, 0.6) is 0 Å². The van der Waals surface area contributed by atoms with E-state index in [0.29, 0.717) is 11.6 Å². The number of rotatable bonds is 3. The highest BCUT2D eigenvalue weighted by Gasteiger charge is 2.25. The zero-order chi connectivity index (χ0) is 21.9. The third-order valence-corrected chi connectivity index (χ3v) is 6.28. The van der Waals surface area contributed by atoms with Crippen LogP contribution in [0.4, 0.5) is 4.39 Å². The number of pyridine rings is 2. The molecular weight excluding hydrogens is 387 g/mol. The van der Waals surface area contributed by atoms with Crippen molar-refractivity contribution >= 4 is 33.0 Å². The Morgan fingerprint density at radius 3 is 2.55 bits per heavy atom. The molecule has 0 radical (unpaired) electrons. The van der Waals surface area contributed by atoms with E-state index in [1.54, 1.807) is 6.07 Å². The van der Waals surface area contributed by atoms with Crippen LogP contribution in [0.3, 0.4) is 0 Å². The molecule has 0 aliphatic rings. The lowest BCUT2D eigenvalue weighted by atomic mass is 9.93. The Hall–Kier alpha value is -3.27. The number of para-hydroxylation sites is 1. The molecule has 0 bridgehead atoms. The van der Waals surface area contributed by atoms with Crippen LogP contribution >= 0.6 is 0 Å². The molecule has 3 aromatic heterocycles. The van der Waals surface area contributed by atoms with Gasteiger partial charge in [-0.1, -0.05) is 26.0 Å². The molecule has 0 saturated carbocycles. The van der Waals surface area contributed by atoms with Crippen molar-refractivity contribution in [2.75, 3.05) is 0 Å².